The van der Waals surface area contributed by atoms with Gasteiger partial charge in [-0.05, 0) is 55.8 Å². The number of Topliss-reactive ketones (excluding diaryl/α,β-unsaturated/α-hetero) is 1. The standard InChI is InChI=1S/C23H18FNO3S/c1-15-7-12-19(16(2)13-15)23(26)22-14-25(18-10-8-17(24)9-11-18)20-5-3-4-6-21(20)29(22,27)28/h3-14H,1-2H3. The number of fused-ring (bicyclic) bond motifs is 1. The summed E-state index contributed by atoms with van der Waals surface area (Å²) < 4.78 is 39.9. The molecule has 0 aromatic heterocycles. The Kier molecular flexibility index (Phi) is 4.59. The molecular weight excluding hydrogens is 389 g/mol. The second-order valence-electron chi connectivity index (χ2n) is 6.96. The number of ketones is 1. The topological polar surface area (TPSA) is 54.5 Å². The van der Waals surface area contributed by atoms with Crippen LogP contribution >= 0.6 is 0 Å². The van der Waals surface area contributed by atoms with Crippen LogP contribution in [-0.4, -0.2) is 14.2 Å². The Hall–Kier alpha value is -3.25. The van der Waals surface area contributed by atoms with Gasteiger partial charge in [0.2, 0.25) is 15.6 Å². The van der Waals surface area contributed by atoms with Crippen molar-refractivity contribution < 1.29 is 17.6 Å². The highest BCUT2D eigenvalue weighted by Gasteiger charge is 2.36. The number of hydrogen-bond acceptors (Lipinski definition) is 4. The maximum absolute atomic E-state index is 13.4. The molecule has 3 aromatic rings. The molecule has 0 amide bonds. The molecule has 0 N–H and O–H groups in total. The largest absolute Gasteiger partial charge is 0.314 e. The molecule has 0 atom stereocenters. The highest BCUT2D eigenvalue weighted by Crippen LogP contribution is 2.40. The Morgan fingerprint density at radius 2 is 1.62 bits per heavy atom. The van der Waals surface area contributed by atoms with E-state index < -0.39 is 21.4 Å². The van der Waals surface area contributed by atoms with Crippen molar-refractivity contribution in [3.05, 3.63) is 100 Å². The number of anilines is 2. The number of sulfone groups is 1. The van der Waals surface area contributed by atoms with Crippen molar-refractivity contribution in [3.8, 4) is 0 Å². The van der Waals surface area contributed by atoms with E-state index in [2.05, 4.69) is 0 Å². The van der Waals surface area contributed by atoms with Crippen LogP contribution in [0.3, 0.4) is 0 Å². The minimum Gasteiger partial charge on any atom is -0.314 e. The van der Waals surface area contributed by atoms with Crippen LogP contribution in [0.5, 0.6) is 0 Å². The highest BCUT2D eigenvalue weighted by atomic mass is 32.2. The smallest absolute Gasteiger partial charge is 0.214 e. The lowest BCUT2D eigenvalue weighted by Gasteiger charge is -2.29. The maximum Gasteiger partial charge on any atom is 0.214 e. The zero-order valence-corrected chi connectivity index (χ0v) is 16.7. The summed E-state index contributed by atoms with van der Waals surface area (Å²) >= 11 is 0. The number of rotatable bonds is 3. The van der Waals surface area contributed by atoms with Crippen LogP contribution in [0, 0.1) is 19.7 Å². The van der Waals surface area contributed by atoms with Gasteiger partial charge in [-0.1, -0.05) is 35.9 Å². The number of hydrogen-bond donors (Lipinski definition) is 0. The molecule has 1 aliphatic heterocycles. The molecule has 0 spiro atoms. The van der Waals surface area contributed by atoms with Crippen LogP contribution in [0.25, 0.3) is 0 Å². The number of halogens is 1. The summed E-state index contributed by atoms with van der Waals surface area (Å²) in [6.45, 7) is 3.69. The van der Waals surface area contributed by atoms with Crippen LogP contribution in [0.15, 0.2) is 82.7 Å². The molecule has 0 bridgehead atoms. The highest BCUT2D eigenvalue weighted by molar-refractivity contribution is 7.96. The van der Waals surface area contributed by atoms with Crippen LogP contribution in [0.1, 0.15) is 21.5 Å². The monoisotopic (exact) mass is 407 g/mol. The van der Waals surface area contributed by atoms with E-state index in [0.29, 0.717) is 22.5 Å². The van der Waals surface area contributed by atoms with E-state index >= 15 is 0 Å². The third kappa shape index (κ3) is 3.25. The molecule has 146 valence electrons. The van der Waals surface area contributed by atoms with Gasteiger partial charge in [0.15, 0.2) is 0 Å². The third-order valence-corrected chi connectivity index (χ3v) is 6.70. The molecule has 1 aliphatic rings. The van der Waals surface area contributed by atoms with Gasteiger partial charge in [0.25, 0.3) is 0 Å². The second-order valence-corrected chi connectivity index (χ2v) is 8.84. The Bertz CT molecular complexity index is 1260. The zero-order chi connectivity index (χ0) is 20.8. The molecule has 1 heterocycles. The van der Waals surface area contributed by atoms with Gasteiger partial charge >= 0.3 is 0 Å². The predicted octanol–water partition coefficient (Wildman–Crippen LogP) is 5.09. The molecule has 4 nitrogen and oxygen atoms in total. The quantitative estimate of drug-likeness (QED) is 0.568. The van der Waals surface area contributed by atoms with Crippen LogP contribution in [0.4, 0.5) is 15.8 Å². The lowest BCUT2D eigenvalue weighted by molar-refractivity contribution is 0.104. The zero-order valence-electron chi connectivity index (χ0n) is 15.9. The molecule has 6 heteroatoms. The summed E-state index contributed by atoms with van der Waals surface area (Å²) in [5, 5.41) is 0. The average molecular weight is 407 g/mol. The number of para-hydroxylation sites is 1. The van der Waals surface area contributed by atoms with E-state index in [1.165, 1.54) is 24.4 Å². The number of aryl methyl sites for hydroxylation is 2. The fourth-order valence-corrected chi connectivity index (χ4v) is 4.99. The third-order valence-electron chi connectivity index (χ3n) is 4.91. The van der Waals surface area contributed by atoms with Crippen molar-refractivity contribution in [2.75, 3.05) is 4.90 Å². The lowest BCUT2D eigenvalue weighted by atomic mass is 10.0. The van der Waals surface area contributed by atoms with E-state index in [1.807, 2.05) is 13.0 Å². The molecule has 4 rings (SSSR count). The Labute approximate surface area is 168 Å². The average Bonchev–Trinajstić information content (AvgIpc) is 2.69. The molecule has 3 aromatic carbocycles. The number of nitrogens with zero attached hydrogens (tertiary/aromatic N) is 1. The number of carbonyl (C=O) groups is 1. The fraction of sp³-hybridized carbons (Fsp3) is 0.0870. The van der Waals surface area contributed by atoms with Gasteiger partial charge < -0.3 is 4.90 Å². The van der Waals surface area contributed by atoms with Crippen LogP contribution in [0.2, 0.25) is 0 Å². The number of benzene rings is 3. The van der Waals surface area contributed by atoms with E-state index in [0.717, 1.165) is 5.56 Å². The number of carbonyl (C=O) groups excluding carboxylic acids is 1. The van der Waals surface area contributed by atoms with Gasteiger partial charge in [-0.25, -0.2) is 12.8 Å². The molecule has 0 fully saturated rings. The SMILES string of the molecule is Cc1ccc(C(=O)C2=CN(c3ccc(F)cc3)c3ccccc3S2(=O)=O)c(C)c1. The minimum absolute atomic E-state index is 0.0416. The first-order valence-corrected chi connectivity index (χ1v) is 10.5. The Morgan fingerprint density at radius 3 is 2.31 bits per heavy atom. The van der Waals surface area contributed by atoms with Crippen molar-refractivity contribution in [1.29, 1.82) is 0 Å². The van der Waals surface area contributed by atoms with Crippen molar-refractivity contribution in [2.45, 2.75) is 18.7 Å². The van der Waals surface area contributed by atoms with Crippen molar-refractivity contribution in [3.63, 3.8) is 0 Å². The molecule has 0 unspecified atom stereocenters. The van der Waals surface area contributed by atoms with Crippen molar-refractivity contribution >= 4 is 27.0 Å². The summed E-state index contributed by atoms with van der Waals surface area (Å²) in [5.74, 6) is -0.966. The van der Waals surface area contributed by atoms with Gasteiger partial charge in [-0.15, -0.1) is 0 Å². The minimum atomic E-state index is -4.01. The van der Waals surface area contributed by atoms with Crippen LogP contribution < -0.4 is 4.90 Å². The Balaban J connectivity index is 1.92. The van der Waals surface area contributed by atoms with E-state index in [1.54, 1.807) is 54.3 Å². The van der Waals surface area contributed by atoms with Crippen molar-refractivity contribution in [2.24, 2.45) is 0 Å². The van der Waals surface area contributed by atoms with Gasteiger partial charge in [0, 0.05) is 17.5 Å². The molecule has 0 saturated heterocycles. The summed E-state index contributed by atoms with van der Waals surface area (Å²) in [4.78, 5) is 14.6. The van der Waals surface area contributed by atoms with E-state index in [4.69, 9.17) is 0 Å². The fourth-order valence-electron chi connectivity index (χ4n) is 3.46. The molecule has 0 radical (unpaired) electrons. The molecule has 0 saturated carbocycles. The maximum atomic E-state index is 13.4. The summed E-state index contributed by atoms with van der Waals surface area (Å²) in [6, 6.07) is 17.4. The van der Waals surface area contributed by atoms with Gasteiger partial charge in [-0.3, -0.25) is 4.79 Å². The molecular formula is C23H18FNO3S. The summed E-state index contributed by atoms with van der Waals surface area (Å²) in [5.41, 5.74) is 3.00. The molecule has 29 heavy (non-hydrogen) atoms. The second kappa shape index (κ2) is 6.97. The molecule has 0 aliphatic carbocycles. The summed E-state index contributed by atoms with van der Waals surface area (Å²) in [6.07, 6.45) is 1.33. The van der Waals surface area contributed by atoms with Gasteiger partial charge in [0.05, 0.1) is 10.6 Å². The first-order valence-electron chi connectivity index (χ1n) is 9.02. The van der Waals surface area contributed by atoms with Gasteiger partial charge in [-0.2, -0.15) is 0 Å². The lowest BCUT2D eigenvalue weighted by Crippen LogP contribution is -2.26. The van der Waals surface area contributed by atoms with E-state index in [-0.39, 0.29) is 9.80 Å². The van der Waals surface area contributed by atoms with Crippen LogP contribution in [-0.2, 0) is 9.84 Å². The number of allylic oxidation sites excluding steroid dienone is 1. The first-order chi connectivity index (χ1) is 13.8. The summed E-state index contributed by atoms with van der Waals surface area (Å²) in [7, 11) is -4.01. The predicted molar refractivity (Wildman–Crippen MR) is 110 cm³/mol. The Morgan fingerprint density at radius 1 is 0.931 bits per heavy atom. The van der Waals surface area contributed by atoms with Crippen molar-refractivity contribution in [1.82, 2.24) is 0 Å². The van der Waals surface area contributed by atoms with E-state index in [9.17, 15) is 17.6 Å². The first kappa shape index (κ1) is 19.1. The normalized spacial score (nSPS) is 14.9. The van der Waals surface area contributed by atoms with Gasteiger partial charge in [0.1, 0.15) is 10.7 Å².